The van der Waals surface area contributed by atoms with E-state index in [1.165, 1.54) is 77.0 Å². The Morgan fingerprint density at radius 2 is 0.969 bits per heavy atom. The SMILES string of the molecule is CC/C=C\C/C=C\C/C=C\CCCCCCCC(=O)OC1C(OCC(COC(=O)CCCCCCCCCCCCC)OC(=O)CCCCCCCCCCC)OC(C(=O)O)C(O)C1O. The molecule has 1 heterocycles. The van der Waals surface area contributed by atoms with Crippen molar-refractivity contribution < 1.29 is 58.2 Å². The number of unbranched alkanes of at least 4 members (excludes halogenated alkanes) is 23. The number of ether oxygens (including phenoxy) is 5. The molecule has 0 spiro atoms. The molecule has 0 saturated carbocycles. The van der Waals surface area contributed by atoms with E-state index in [4.69, 9.17) is 23.7 Å². The Labute approximate surface area is 393 Å². The van der Waals surface area contributed by atoms with Crippen LogP contribution in [0, 0.1) is 0 Å². The Balaban J connectivity index is 2.72. The summed E-state index contributed by atoms with van der Waals surface area (Å²) >= 11 is 0. The minimum absolute atomic E-state index is 0.0439. The molecule has 3 N–H and O–H groups in total. The normalized spacial score (nSPS) is 19.3. The molecule has 0 aromatic rings. The minimum Gasteiger partial charge on any atom is -0.479 e. The predicted molar refractivity (Wildman–Crippen MR) is 257 cm³/mol. The van der Waals surface area contributed by atoms with Crippen molar-refractivity contribution in [3.05, 3.63) is 36.5 Å². The summed E-state index contributed by atoms with van der Waals surface area (Å²) in [5.41, 5.74) is 0. The summed E-state index contributed by atoms with van der Waals surface area (Å²) in [6.45, 7) is 5.82. The molecule has 6 unspecified atom stereocenters. The van der Waals surface area contributed by atoms with E-state index < -0.39 is 67.3 Å². The summed E-state index contributed by atoms with van der Waals surface area (Å²) in [7, 11) is 0. The lowest BCUT2D eigenvalue weighted by molar-refractivity contribution is -0.301. The molecule has 1 aliphatic rings. The average Bonchev–Trinajstić information content (AvgIpc) is 3.29. The summed E-state index contributed by atoms with van der Waals surface area (Å²) in [6, 6.07) is 0. The van der Waals surface area contributed by atoms with Gasteiger partial charge >= 0.3 is 23.9 Å². The van der Waals surface area contributed by atoms with Crippen LogP contribution in [-0.2, 0) is 42.9 Å². The Morgan fingerprint density at radius 1 is 0.523 bits per heavy atom. The number of carbonyl (C=O) groups excluding carboxylic acids is 3. The lowest BCUT2D eigenvalue weighted by Gasteiger charge is -2.40. The molecule has 0 aromatic carbocycles. The van der Waals surface area contributed by atoms with Crippen LogP contribution in [0.1, 0.15) is 226 Å². The molecule has 12 heteroatoms. The van der Waals surface area contributed by atoms with E-state index >= 15 is 0 Å². The van der Waals surface area contributed by atoms with Crippen molar-refractivity contribution in [3.8, 4) is 0 Å². The standard InChI is InChI=1S/C53H92O12/c1-4-7-10-13-16-19-21-22-23-24-26-29-32-35-38-41-47(56)64-51-49(58)48(57)50(52(59)60)65-53(51)62-43-44(63-46(55)40-37-34-31-27-18-15-12-9-6-3)42-61-45(54)39-36-33-30-28-25-20-17-14-11-8-5-2/h7,10,16,19,22-23,44,48-51,53,57-58H,4-6,8-9,11-15,17-18,20-21,24-43H2,1-3H3,(H,59,60)/b10-7-,19-16-,23-22-. The van der Waals surface area contributed by atoms with Crippen LogP contribution >= 0.6 is 0 Å². The van der Waals surface area contributed by atoms with Crippen LogP contribution in [0.25, 0.3) is 0 Å². The predicted octanol–water partition coefficient (Wildman–Crippen LogP) is 12.1. The van der Waals surface area contributed by atoms with Crippen LogP contribution in [0.4, 0.5) is 0 Å². The summed E-state index contributed by atoms with van der Waals surface area (Å²) in [6.07, 6.45) is 34.3. The van der Waals surface area contributed by atoms with Crippen molar-refractivity contribution >= 4 is 23.9 Å². The number of carbonyl (C=O) groups is 4. The third kappa shape index (κ3) is 33.1. The fraction of sp³-hybridized carbons (Fsp3) is 0.811. The van der Waals surface area contributed by atoms with Crippen LogP contribution in [0.15, 0.2) is 36.5 Å². The second-order valence-electron chi connectivity index (χ2n) is 17.8. The zero-order chi connectivity index (χ0) is 47.6. The van der Waals surface area contributed by atoms with Gasteiger partial charge in [0.05, 0.1) is 6.61 Å². The monoisotopic (exact) mass is 921 g/mol. The van der Waals surface area contributed by atoms with Crippen LogP contribution in [0.2, 0.25) is 0 Å². The first kappa shape index (κ1) is 60.0. The Kier molecular flexibility index (Phi) is 39.0. The number of esters is 3. The van der Waals surface area contributed by atoms with E-state index in [2.05, 4.69) is 57.2 Å². The van der Waals surface area contributed by atoms with E-state index in [1.54, 1.807) is 0 Å². The van der Waals surface area contributed by atoms with Crippen LogP contribution in [0.5, 0.6) is 0 Å². The number of hydrogen-bond acceptors (Lipinski definition) is 11. The van der Waals surface area contributed by atoms with Gasteiger partial charge in [0, 0.05) is 19.3 Å². The number of aliphatic hydroxyl groups is 2. The molecule has 1 rings (SSSR count). The number of aliphatic hydroxyl groups excluding tert-OH is 2. The first-order chi connectivity index (χ1) is 31.6. The Hall–Kier alpha value is -3.06. The molecular weight excluding hydrogens is 829 g/mol. The van der Waals surface area contributed by atoms with Crippen LogP contribution < -0.4 is 0 Å². The smallest absolute Gasteiger partial charge is 0.335 e. The van der Waals surface area contributed by atoms with Crippen LogP contribution in [0.3, 0.4) is 0 Å². The lowest BCUT2D eigenvalue weighted by Crippen LogP contribution is -2.61. The third-order valence-electron chi connectivity index (χ3n) is 11.7. The molecule has 1 saturated heterocycles. The molecule has 0 bridgehead atoms. The third-order valence-corrected chi connectivity index (χ3v) is 11.7. The maximum Gasteiger partial charge on any atom is 0.335 e. The van der Waals surface area contributed by atoms with E-state index in [0.717, 1.165) is 89.9 Å². The molecule has 0 radical (unpaired) electrons. The fourth-order valence-electron chi connectivity index (χ4n) is 7.73. The maximum absolute atomic E-state index is 13.0. The molecule has 1 fully saturated rings. The second kappa shape index (κ2) is 42.3. The van der Waals surface area contributed by atoms with E-state index in [9.17, 15) is 34.5 Å². The number of rotatable bonds is 43. The highest BCUT2D eigenvalue weighted by Crippen LogP contribution is 2.26. The van der Waals surface area contributed by atoms with Crippen molar-refractivity contribution in [2.45, 2.75) is 263 Å². The fourth-order valence-corrected chi connectivity index (χ4v) is 7.73. The maximum atomic E-state index is 13.0. The molecule has 1 aliphatic heterocycles. The largest absolute Gasteiger partial charge is 0.479 e. The molecule has 376 valence electrons. The number of carboxylic acids is 1. The molecule has 0 amide bonds. The van der Waals surface area contributed by atoms with Gasteiger partial charge in [0.15, 0.2) is 24.6 Å². The van der Waals surface area contributed by atoms with Crippen molar-refractivity contribution in [2.24, 2.45) is 0 Å². The van der Waals surface area contributed by atoms with Gasteiger partial charge in [0.25, 0.3) is 0 Å². The van der Waals surface area contributed by atoms with Gasteiger partial charge in [0.2, 0.25) is 0 Å². The molecular formula is C53H92O12. The van der Waals surface area contributed by atoms with Gasteiger partial charge in [-0.2, -0.15) is 0 Å². The summed E-state index contributed by atoms with van der Waals surface area (Å²) in [4.78, 5) is 50.7. The van der Waals surface area contributed by atoms with Gasteiger partial charge in [-0.05, 0) is 51.4 Å². The first-order valence-corrected chi connectivity index (χ1v) is 26.0. The zero-order valence-corrected chi connectivity index (χ0v) is 41.0. The highest BCUT2D eigenvalue weighted by Gasteiger charge is 2.50. The average molecular weight is 921 g/mol. The van der Waals surface area contributed by atoms with E-state index in [0.29, 0.717) is 19.3 Å². The van der Waals surface area contributed by atoms with Gasteiger partial charge in [0.1, 0.15) is 18.8 Å². The number of carboxylic acid groups (broad SMARTS) is 1. The highest BCUT2D eigenvalue weighted by molar-refractivity contribution is 5.74. The van der Waals surface area contributed by atoms with Crippen molar-refractivity contribution in [2.75, 3.05) is 13.2 Å². The topological polar surface area (TPSA) is 175 Å². The number of allylic oxidation sites excluding steroid dienone is 6. The molecule has 65 heavy (non-hydrogen) atoms. The number of hydrogen-bond donors (Lipinski definition) is 3. The van der Waals surface area contributed by atoms with Gasteiger partial charge in [-0.15, -0.1) is 0 Å². The summed E-state index contributed by atoms with van der Waals surface area (Å²) < 4.78 is 28.2. The van der Waals surface area contributed by atoms with Gasteiger partial charge < -0.3 is 39.0 Å². The molecule has 0 aliphatic carbocycles. The second-order valence-corrected chi connectivity index (χ2v) is 17.8. The Morgan fingerprint density at radius 3 is 1.48 bits per heavy atom. The minimum atomic E-state index is -1.90. The molecule has 0 aromatic heterocycles. The highest BCUT2D eigenvalue weighted by atomic mass is 16.7. The zero-order valence-electron chi connectivity index (χ0n) is 41.0. The van der Waals surface area contributed by atoms with E-state index in [-0.39, 0.29) is 25.9 Å². The van der Waals surface area contributed by atoms with Crippen molar-refractivity contribution in [1.29, 1.82) is 0 Å². The lowest BCUT2D eigenvalue weighted by atomic mass is 9.98. The summed E-state index contributed by atoms with van der Waals surface area (Å²) in [5, 5.41) is 31.3. The van der Waals surface area contributed by atoms with Crippen molar-refractivity contribution in [3.63, 3.8) is 0 Å². The van der Waals surface area contributed by atoms with E-state index in [1.807, 2.05) is 0 Å². The van der Waals surface area contributed by atoms with Crippen LogP contribution in [-0.4, -0.2) is 89.2 Å². The van der Waals surface area contributed by atoms with Crippen molar-refractivity contribution in [1.82, 2.24) is 0 Å². The Bertz CT molecular complexity index is 1280. The van der Waals surface area contributed by atoms with Gasteiger partial charge in [-0.25, -0.2) is 4.79 Å². The number of aliphatic carboxylic acids is 1. The first-order valence-electron chi connectivity index (χ1n) is 26.0. The summed E-state index contributed by atoms with van der Waals surface area (Å²) in [5.74, 6) is -3.13. The van der Waals surface area contributed by atoms with Gasteiger partial charge in [-0.3, -0.25) is 14.4 Å². The molecule has 6 atom stereocenters. The van der Waals surface area contributed by atoms with Gasteiger partial charge in [-0.1, -0.05) is 192 Å². The molecule has 12 nitrogen and oxygen atoms in total. The quantitative estimate of drug-likeness (QED) is 0.0229.